The number of furan rings is 2. The van der Waals surface area contributed by atoms with Gasteiger partial charge in [0.15, 0.2) is 0 Å². The van der Waals surface area contributed by atoms with E-state index in [1.54, 1.807) is 0 Å². The summed E-state index contributed by atoms with van der Waals surface area (Å²) in [7, 11) is 0. The molecule has 0 aliphatic carbocycles. The highest BCUT2D eigenvalue weighted by atomic mass is 16.3. The fraction of sp³-hybridized carbons (Fsp3) is 0. The molecule has 286 valence electrons. The van der Waals surface area contributed by atoms with Crippen molar-refractivity contribution in [2.45, 2.75) is 0 Å². The molecular formula is C58H37NO2. The number of nitrogens with zero attached hydrogens (tertiary/aromatic N) is 1. The van der Waals surface area contributed by atoms with Gasteiger partial charge in [-0.05, 0) is 116 Å². The van der Waals surface area contributed by atoms with Crippen LogP contribution in [0.4, 0.5) is 17.1 Å². The summed E-state index contributed by atoms with van der Waals surface area (Å²) in [4.78, 5) is 2.33. The number of hydrogen-bond acceptors (Lipinski definition) is 3. The lowest BCUT2D eigenvalue weighted by atomic mass is 9.98. The predicted octanol–water partition coefficient (Wildman–Crippen LogP) is 16.8. The van der Waals surface area contributed by atoms with E-state index in [0.29, 0.717) is 0 Å². The van der Waals surface area contributed by atoms with Gasteiger partial charge >= 0.3 is 0 Å². The van der Waals surface area contributed by atoms with E-state index in [1.807, 2.05) is 24.3 Å². The highest BCUT2D eigenvalue weighted by Crippen LogP contribution is 2.41. The summed E-state index contributed by atoms with van der Waals surface area (Å²) in [5.74, 6) is 0. The normalized spacial score (nSPS) is 11.6. The first kappa shape index (κ1) is 34.9. The summed E-state index contributed by atoms with van der Waals surface area (Å²) in [5.41, 5.74) is 16.1. The number of fused-ring (bicyclic) bond motifs is 7. The molecule has 0 saturated carbocycles. The second kappa shape index (κ2) is 14.3. The lowest BCUT2D eigenvalue weighted by Crippen LogP contribution is -2.09. The van der Waals surface area contributed by atoms with Crippen LogP contribution < -0.4 is 4.90 Å². The van der Waals surface area contributed by atoms with Crippen molar-refractivity contribution in [3.8, 4) is 44.5 Å². The van der Waals surface area contributed by atoms with Gasteiger partial charge in [-0.2, -0.15) is 0 Å². The summed E-state index contributed by atoms with van der Waals surface area (Å²) >= 11 is 0. The molecule has 0 aliphatic heterocycles. The Balaban J connectivity index is 0.884. The van der Waals surface area contributed by atoms with Crippen molar-refractivity contribution in [1.82, 2.24) is 0 Å². The van der Waals surface area contributed by atoms with Crippen molar-refractivity contribution >= 4 is 71.7 Å². The average Bonchev–Trinajstić information content (AvgIpc) is 3.91. The van der Waals surface area contributed by atoms with Crippen LogP contribution in [0.25, 0.3) is 99.2 Å². The quantitative estimate of drug-likeness (QED) is 0.161. The van der Waals surface area contributed by atoms with Crippen LogP contribution in [-0.4, -0.2) is 0 Å². The minimum absolute atomic E-state index is 0.903. The number of anilines is 3. The van der Waals surface area contributed by atoms with Gasteiger partial charge in [-0.15, -0.1) is 0 Å². The van der Waals surface area contributed by atoms with Gasteiger partial charge in [-0.25, -0.2) is 0 Å². The van der Waals surface area contributed by atoms with E-state index in [1.165, 1.54) is 38.6 Å². The van der Waals surface area contributed by atoms with E-state index < -0.39 is 0 Å². The van der Waals surface area contributed by atoms with Crippen molar-refractivity contribution in [2.24, 2.45) is 0 Å². The second-order valence-corrected chi connectivity index (χ2v) is 15.7. The van der Waals surface area contributed by atoms with Crippen molar-refractivity contribution in [1.29, 1.82) is 0 Å². The molecular weight excluding hydrogens is 743 g/mol. The predicted molar refractivity (Wildman–Crippen MR) is 255 cm³/mol. The molecule has 0 N–H and O–H groups in total. The fourth-order valence-electron chi connectivity index (χ4n) is 8.95. The van der Waals surface area contributed by atoms with E-state index in [2.05, 4.69) is 205 Å². The molecule has 0 aliphatic rings. The van der Waals surface area contributed by atoms with Gasteiger partial charge in [0, 0.05) is 44.2 Å². The van der Waals surface area contributed by atoms with Crippen LogP contribution in [0.1, 0.15) is 0 Å². The Bertz CT molecular complexity index is 3560. The molecule has 12 aromatic rings. The highest BCUT2D eigenvalue weighted by molar-refractivity contribution is 6.10. The molecule has 61 heavy (non-hydrogen) atoms. The lowest BCUT2D eigenvalue weighted by Gasteiger charge is -2.26. The minimum Gasteiger partial charge on any atom is -0.456 e. The fourth-order valence-corrected chi connectivity index (χ4v) is 8.95. The number of benzene rings is 10. The molecule has 3 nitrogen and oxygen atoms in total. The Morgan fingerprint density at radius 3 is 1.36 bits per heavy atom. The molecule has 10 aromatic carbocycles. The summed E-state index contributed by atoms with van der Waals surface area (Å²) < 4.78 is 12.5. The monoisotopic (exact) mass is 779 g/mol. The molecule has 3 heteroatoms. The Morgan fingerprint density at radius 2 is 0.705 bits per heavy atom. The van der Waals surface area contributed by atoms with E-state index in [4.69, 9.17) is 8.83 Å². The zero-order valence-electron chi connectivity index (χ0n) is 33.1. The van der Waals surface area contributed by atoms with Crippen molar-refractivity contribution in [3.63, 3.8) is 0 Å². The van der Waals surface area contributed by atoms with E-state index in [9.17, 15) is 0 Å². The standard InChI is InChI=1S/C58H37NO2/c1-2-9-44-36-45(21-20-38(44)8-1)42-24-31-48(32-25-42)59(49-33-26-43(27-34-49)50-12-7-13-53-51-10-3-6-15-56(51)61-58(50)53)47-29-22-40(23-30-47)39-16-18-41(19-17-39)46-28-35-57-54(37-46)52-11-4-5-14-55(52)60-57/h1-37H. The first-order chi connectivity index (χ1) is 30.2. The average molecular weight is 780 g/mol. The van der Waals surface area contributed by atoms with E-state index in [-0.39, 0.29) is 0 Å². The Labute approximate surface area is 353 Å². The topological polar surface area (TPSA) is 29.5 Å². The third kappa shape index (κ3) is 6.14. The zero-order chi connectivity index (χ0) is 40.3. The zero-order valence-corrected chi connectivity index (χ0v) is 33.1. The molecule has 0 unspecified atom stereocenters. The molecule has 0 bridgehead atoms. The van der Waals surface area contributed by atoms with Crippen LogP contribution >= 0.6 is 0 Å². The van der Waals surface area contributed by atoms with Crippen molar-refractivity contribution in [3.05, 3.63) is 224 Å². The van der Waals surface area contributed by atoms with Gasteiger partial charge in [0.05, 0.1) is 0 Å². The summed E-state index contributed by atoms with van der Waals surface area (Å²) in [6.45, 7) is 0. The number of rotatable bonds is 7. The van der Waals surface area contributed by atoms with Gasteiger partial charge in [0.25, 0.3) is 0 Å². The molecule has 0 fully saturated rings. The van der Waals surface area contributed by atoms with Crippen LogP contribution in [0.15, 0.2) is 233 Å². The third-order valence-corrected chi connectivity index (χ3v) is 12.1. The van der Waals surface area contributed by atoms with Crippen LogP contribution in [0.2, 0.25) is 0 Å². The highest BCUT2D eigenvalue weighted by Gasteiger charge is 2.16. The summed E-state index contributed by atoms with van der Waals surface area (Å²) in [6, 6.07) is 80.0. The Kier molecular flexibility index (Phi) is 8.17. The molecule has 2 aromatic heterocycles. The smallest absolute Gasteiger partial charge is 0.143 e. The van der Waals surface area contributed by atoms with Gasteiger partial charge in [-0.1, -0.05) is 158 Å². The largest absolute Gasteiger partial charge is 0.456 e. The molecule has 0 saturated heterocycles. The number of hydrogen-bond donors (Lipinski definition) is 0. The van der Waals surface area contributed by atoms with Crippen molar-refractivity contribution < 1.29 is 8.83 Å². The third-order valence-electron chi connectivity index (χ3n) is 12.1. The number of para-hydroxylation sites is 3. The minimum atomic E-state index is 0.903. The van der Waals surface area contributed by atoms with Crippen LogP contribution in [-0.2, 0) is 0 Å². The van der Waals surface area contributed by atoms with Crippen molar-refractivity contribution in [2.75, 3.05) is 4.90 Å². The van der Waals surface area contributed by atoms with E-state index >= 15 is 0 Å². The maximum absolute atomic E-state index is 6.41. The lowest BCUT2D eigenvalue weighted by molar-refractivity contribution is 0.669. The molecule has 0 spiro atoms. The maximum Gasteiger partial charge on any atom is 0.143 e. The second-order valence-electron chi connectivity index (χ2n) is 15.7. The molecule has 12 rings (SSSR count). The molecule has 0 amide bonds. The van der Waals surface area contributed by atoms with E-state index in [0.717, 1.165) is 77.6 Å². The van der Waals surface area contributed by atoms with Gasteiger partial charge in [-0.3, -0.25) is 0 Å². The Hall–Kier alpha value is -8.14. The van der Waals surface area contributed by atoms with Gasteiger partial charge in [0.1, 0.15) is 22.3 Å². The first-order valence-corrected chi connectivity index (χ1v) is 20.7. The SMILES string of the molecule is c1ccc2cc(-c3ccc(N(c4ccc(-c5ccc(-c6ccc7oc8ccccc8c7c6)cc5)cc4)c4ccc(-c5cccc6c5oc5ccccc56)cc4)cc3)ccc2c1. The van der Waals surface area contributed by atoms with Crippen LogP contribution in [0.3, 0.4) is 0 Å². The van der Waals surface area contributed by atoms with Crippen LogP contribution in [0.5, 0.6) is 0 Å². The first-order valence-electron chi connectivity index (χ1n) is 20.7. The molecule has 2 heterocycles. The van der Waals surface area contributed by atoms with Crippen LogP contribution in [0, 0.1) is 0 Å². The Morgan fingerprint density at radius 1 is 0.262 bits per heavy atom. The summed E-state index contributed by atoms with van der Waals surface area (Å²) in [5, 5.41) is 7.03. The summed E-state index contributed by atoms with van der Waals surface area (Å²) in [6.07, 6.45) is 0. The van der Waals surface area contributed by atoms with Gasteiger partial charge < -0.3 is 13.7 Å². The maximum atomic E-state index is 6.41. The van der Waals surface area contributed by atoms with Gasteiger partial charge in [0.2, 0.25) is 0 Å². The molecule has 0 radical (unpaired) electrons. The molecule has 0 atom stereocenters.